The summed E-state index contributed by atoms with van der Waals surface area (Å²) in [4.78, 5) is 0.157. The Morgan fingerprint density at radius 2 is 1.18 bits per heavy atom. The van der Waals surface area contributed by atoms with E-state index in [2.05, 4.69) is 4.72 Å². The van der Waals surface area contributed by atoms with E-state index < -0.39 is 22.9 Å². The standard InChI is InChI=1S/C31H34NO5PS/c1-24-22-25(2)30(26(3)23-24)39(34,35)32-31(4,21-20-27-14-8-5-9-15-27)38(33,36-28-16-10-6-11-17-28)37-29-18-12-7-13-19-29/h5-19,22-23,32H,20-21H2,1-4H3/t31-/m0/s1. The number of rotatable bonds is 11. The van der Waals surface area contributed by atoms with Crippen LogP contribution in [0.25, 0.3) is 0 Å². The molecule has 8 heteroatoms. The highest BCUT2D eigenvalue weighted by Crippen LogP contribution is 2.60. The second-order valence-corrected chi connectivity index (χ2v) is 13.9. The van der Waals surface area contributed by atoms with Crippen molar-refractivity contribution in [2.45, 2.75) is 50.7 Å². The largest absolute Gasteiger partial charge is 0.451 e. The zero-order chi connectivity index (χ0) is 28.1. The van der Waals surface area contributed by atoms with E-state index in [0.29, 0.717) is 29.0 Å². The number of hydrogen-bond acceptors (Lipinski definition) is 5. The second-order valence-electron chi connectivity index (χ2n) is 9.90. The van der Waals surface area contributed by atoms with Gasteiger partial charge in [0.2, 0.25) is 10.0 Å². The molecule has 0 spiro atoms. The molecule has 4 aromatic rings. The average molecular weight is 564 g/mol. The van der Waals surface area contributed by atoms with Crippen LogP contribution in [-0.4, -0.2) is 13.7 Å². The first-order valence-electron chi connectivity index (χ1n) is 12.8. The van der Waals surface area contributed by atoms with Crippen molar-refractivity contribution in [2.75, 3.05) is 0 Å². The molecule has 0 unspecified atom stereocenters. The molecular formula is C31H34NO5PS. The first-order chi connectivity index (χ1) is 18.5. The predicted octanol–water partition coefficient (Wildman–Crippen LogP) is 7.59. The molecule has 0 aliphatic rings. The van der Waals surface area contributed by atoms with Crippen molar-refractivity contribution in [1.29, 1.82) is 0 Å². The highest BCUT2D eigenvalue weighted by molar-refractivity contribution is 7.90. The van der Waals surface area contributed by atoms with E-state index in [1.165, 1.54) is 0 Å². The number of hydrogen-bond donors (Lipinski definition) is 1. The van der Waals surface area contributed by atoms with Gasteiger partial charge in [0.25, 0.3) is 0 Å². The van der Waals surface area contributed by atoms with Crippen LogP contribution < -0.4 is 13.8 Å². The van der Waals surface area contributed by atoms with Crippen molar-refractivity contribution < 1.29 is 22.0 Å². The highest BCUT2D eigenvalue weighted by Gasteiger charge is 2.53. The van der Waals surface area contributed by atoms with Gasteiger partial charge in [0.15, 0.2) is 5.28 Å². The predicted molar refractivity (Wildman–Crippen MR) is 156 cm³/mol. The van der Waals surface area contributed by atoms with E-state index in [9.17, 15) is 13.0 Å². The van der Waals surface area contributed by atoms with Crippen molar-refractivity contribution in [3.63, 3.8) is 0 Å². The fourth-order valence-electron chi connectivity index (χ4n) is 4.67. The van der Waals surface area contributed by atoms with Gasteiger partial charge in [-0.05, 0) is 81.5 Å². The molecule has 1 atom stereocenters. The molecule has 0 bridgehead atoms. The monoisotopic (exact) mass is 563 g/mol. The van der Waals surface area contributed by atoms with E-state index in [-0.39, 0.29) is 11.3 Å². The first kappa shape index (κ1) is 28.6. The molecule has 0 saturated carbocycles. The molecule has 4 aromatic carbocycles. The van der Waals surface area contributed by atoms with Gasteiger partial charge in [-0.2, -0.15) is 4.72 Å². The third-order valence-corrected chi connectivity index (χ3v) is 11.0. The molecule has 0 aliphatic heterocycles. The van der Waals surface area contributed by atoms with Crippen molar-refractivity contribution in [2.24, 2.45) is 0 Å². The van der Waals surface area contributed by atoms with Crippen LogP contribution in [0.4, 0.5) is 0 Å². The lowest BCUT2D eigenvalue weighted by molar-refractivity contribution is 0.327. The van der Waals surface area contributed by atoms with Crippen LogP contribution in [0.1, 0.15) is 35.6 Å². The molecule has 39 heavy (non-hydrogen) atoms. The minimum Gasteiger partial charge on any atom is -0.415 e. The molecule has 0 fully saturated rings. The van der Waals surface area contributed by atoms with Crippen LogP contribution in [0, 0.1) is 20.8 Å². The fourth-order valence-corrected chi connectivity index (χ4v) is 8.85. The maximum atomic E-state index is 15.0. The molecule has 0 heterocycles. The Bertz CT molecular complexity index is 1490. The minimum absolute atomic E-state index is 0.150. The second kappa shape index (κ2) is 11.8. The lowest BCUT2D eigenvalue weighted by atomic mass is 10.1. The molecule has 1 N–H and O–H groups in total. The third-order valence-electron chi connectivity index (χ3n) is 6.51. The van der Waals surface area contributed by atoms with Gasteiger partial charge in [0.1, 0.15) is 11.5 Å². The zero-order valence-electron chi connectivity index (χ0n) is 22.6. The van der Waals surface area contributed by atoms with Crippen LogP contribution in [0.2, 0.25) is 0 Å². The summed E-state index contributed by atoms with van der Waals surface area (Å²) in [5.41, 5.74) is 3.14. The molecule has 0 aliphatic carbocycles. The molecule has 0 radical (unpaired) electrons. The Morgan fingerprint density at radius 3 is 1.64 bits per heavy atom. The number of aryl methyl sites for hydroxylation is 4. The fraction of sp³-hybridized carbons (Fsp3) is 0.226. The Morgan fingerprint density at radius 1 is 0.744 bits per heavy atom. The van der Waals surface area contributed by atoms with Gasteiger partial charge < -0.3 is 9.05 Å². The van der Waals surface area contributed by atoms with E-state index in [1.54, 1.807) is 69.3 Å². The third kappa shape index (κ3) is 6.80. The normalized spacial score (nSPS) is 13.4. The van der Waals surface area contributed by atoms with Crippen molar-refractivity contribution in [3.05, 3.63) is 125 Å². The van der Waals surface area contributed by atoms with Crippen LogP contribution >= 0.6 is 7.60 Å². The summed E-state index contributed by atoms with van der Waals surface area (Å²) >= 11 is 0. The summed E-state index contributed by atoms with van der Waals surface area (Å²) in [6, 6.07) is 30.6. The summed E-state index contributed by atoms with van der Waals surface area (Å²) in [6.07, 6.45) is 0.586. The van der Waals surface area contributed by atoms with Crippen LogP contribution in [0.15, 0.2) is 108 Å². The van der Waals surface area contributed by atoms with Gasteiger partial charge in [-0.25, -0.2) is 13.0 Å². The Hall–Kier alpha value is -3.38. The Kier molecular flexibility index (Phi) is 8.65. The van der Waals surface area contributed by atoms with E-state index in [0.717, 1.165) is 11.1 Å². The smallest absolute Gasteiger partial charge is 0.415 e. The minimum atomic E-state index is -4.27. The molecule has 0 amide bonds. The van der Waals surface area contributed by atoms with Gasteiger partial charge in [0.05, 0.1) is 4.90 Å². The molecule has 204 valence electrons. The average Bonchev–Trinajstić information content (AvgIpc) is 2.88. The van der Waals surface area contributed by atoms with Crippen molar-refractivity contribution in [1.82, 2.24) is 4.72 Å². The lowest BCUT2D eigenvalue weighted by Gasteiger charge is -2.36. The number of benzene rings is 4. The number of para-hydroxylation sites is 2. The van der Waals surface area contributed by atoms with Gasteiger partial charge in [-0.1, -0.05) is 84.4 Å². The van der Waals surface area contributed by atoms with Gasteiger partial charge >= 0.3 is 7.60 Å². The quantitative estimate of drug-likeness (QED) is 0.190. The lowest BCUT2D eigenvalue weighted by Crippen LogP contribution is -2.48. The topological polar surface area (TPSA) is 81.7 Å². The Balaban J connectivity index is 1.84. The van der Waals surface area contributed by atoms with Gasteiger partial charge in [0, 0.05) is 0 Å². The van der Waals surface area contributed by atoms with Crippen molar-refractivity contribution in [3.8, 4) is 11.5 Å². The number of sulfonamides is 1. The molecule has 0 saturated heterocycles. The maximum Gasteiger partial charge on any atom is 0.451 e. The summed E-state index contributed by atoms with van der Waals surface area (Å²) in [5, 5.41) is -1.64. The maximum absolute atomic E-state index is 15.0. The molecule has 0 aromatic heterocycles. The zero-order valence-corrected chi connectivity index (χ0v) is 24.3. The summed E-state index contributed by atoms with van der Waals surface area (Å²) in [6.45, 7) is 7.04. The van der Waals surface area contributed by atoms with Crippen molar-refractivity contribution >= 4 is 17.6 Å². The summed E-state index contributed by atoms with van der Waals surface area (Å²) < 4.78 is 58.0. The van der Waals surface area contributed by atoms with E-state index in [1.807, 2.05) is 61.5 Å². The van der Waals surface area contributed by atoms with Crippen LogP contribution in [0.3, 0.4) is 0 Å². The Labute approximate surface area is 231 Å². The first-order valence-corrected chi connectivity index (χ1v) is 15.8. The van der Waals surface area contributed by atoms with Gasteiger partial charge in [-0.3, -0.25) is 0 Å². The van der Waals surface area contributed by atoms with E-state index >= 15 is 0 Å². The molecular weight excluding hydrogens is 529 g/mol. The van der Waals surface area contributed by atoms with Crippen LogP contribution in [0.5, 0.6) is 11.5 Å². The molecule has 6 nitrogen and oxygen atoms in total. The summed E-state index contributed by atoms with van der Waals surface area (Å²) in [7, 11) is -8.42. The molecule has 4 rings (SSSR count). The highest BCUT2D eigenvalue weighted by atomic mass is 32.2. The summed E-state index contributed by atoms with van der Waals surface area (Å²) in [5.74, 6) is 0.620. The van der Waals surface area contributed by atoms with Crippen LogP contribution in [-0.2, 0) is 21.0 Å². The van der Waals surface area contributed by atoms with Gasteiger partial charge in [-0.15, -0.1) is 0 Å². The number of nitrogens with one attached hydrogen (secondary N) is 1. The SMILES string of the molecule is Cc1cc(C)c(S(=O)(=O)N[C@](C)(CCc2ccccc2)P(=O)(Oc2ccccc2)Oc2ccccc2)c(C)c1. The van der Waals surface area contributed by atoms with E-state index in [4.69, 9.17) is 9.05 Å².